The largest absolute Gasteiger partial charge is 0.618 e. The van der Waals surface area contributed by atoms with Crippen LogP contribution in [0.15, 0.2) is 36.4 Å². The van der Waals surface area contributed by atoms with Gasteiger partial charge in [0.2, 0.25) is 5.69 Å². The van der Waals surface area contributed by atoms with E-state index in [9.17, 15) is 10.0 Å². The van der Waals surface area contributed by atoms with Gasteiger partial charge in [0.1, 0.15) is 5.56 Å². The number of methoxy groups -OCH3 is 2. The SMILES string of the molecule is COc1ccc(C2=[N+]([O-])c3cccc(C)c3C2=O)cc1OC. The lowest BCUT2D eigenvalue weighted by Crippen LogP contribution is -2.17. The van der Waals surface area contributed by atoms with Gasteiger partial charge in [-0.2, -0.15) is 4.74 Å². The van der Waals surface area contributed by atoms with Crippen molar-refractivity contribution in [2.45, 2.75) is 6.92 Å². The molecule has 5 nitrogen and oxygen atoms in total. The van der Waals surface area contributed by atoms with Crippen molar-refractivity contribution in [3.05, 3.63) is 58.3 Å². The summed E-state index contributed by atoms with van der Waals surface area (Å²) in [5.41, 5.74) is 2.24. The van der Waals surface area contributed by atoms with Gasteiger partial charge in [-0.3, -0.25) is 4.79 Å². The Labute approximate surface area is 128 Å². The van der Waals surface area contributed by atoms with Crippen LogP contribution in [0.4, 0.5) is 5.69 Å². The van der Waals surface area contributed by atoms with Gasteiger partial charge in [-0.25, -0.2) is 0 Å². The normalized spacial score (nSPS) is 13.3. The maximum absolute atomic E-state index is 12.6. The Morgan fingerprint density at radius 3 is 2.41 bits per heavy atom. The van der Waals surface area contributed by atoms with Gasteiger partial charge in [-0.05, 0) is 30.7 Å². The first-order valence-corrected chi connectivity index (χ1v) is 6.79. The summed E-state index contributed by atoms with van der Waals surface area (Å²) >= 11 is 0. The number of hydrogen-bond donors (Lipinski definition) is 0. The van der Waals surface area contributed by atoms with E-state index in [1.807, 2.05) is 13.0 Å². The van der Waals surface area contributed by atoms with Crippen LogP contribution in [0.2, 0.25) is 0 Å². The third-order valence-corrected chi connectivity index (χ3v) is 3.77. The van der Waals surface area contributed by atoms with Gasteiger partial charge >= 0.3 is 0 Å². The molecule has 1 heterocycles. The molecule has 0 N–H and O–H groups in total. The van der Waals surface area contributed by atoms with E-state index >= 15 is 0 Å². The van der Waals surface area contributed by atoms with Gasteiger partial charge in [0.25, 0.3) is 11.5 Å². The fourth-order valence-corrected chi connectivity index (χ4v) is 2.68. The van der Waals surface area contributed by atoms with Gasteiger partial charge in [-0.15, -0.1) is 0 Å². The third kappa shape index (κ3) is 1.94. The molecule has 112 valence electrons. The lowest BCUT2D eigenvalue weighted by molar-refractivity contribution is -0.355. The van der Waals surface area contributed by atoms with Crippen LogP contribution in [0.5, 0.6) is 11.5 Å². The minimum absolute atomic E-state index is 0.102. The molecule has 2 aromatic rings. The highest BCUT2D eigenvalue weighted by Gasteiger charge is 2.37. The second kappa shape index (κ2) is 5.18. The van der Waals surface area contributed by atoms with Crippen molar-refractivity contribution in [1.29, 1.82) is 0 Å². The van der Waals surface area contributed by atoms with Crippen molar-refractivity contribution in [3.63, 3.8) is 0 Å². The Hall–Kier alpha value is -2.82. The number of benzene rings is 2. The molecule has 0 atom stereocenters. The lowest BCUT2D eigenvalue weighted by atomic mass is 9.99. The number of aryl methyl sites for hydroxylation is 1. The molecular formula is C17H15NO4. The van der Waals surface area contributed by atoms with E-state index in [-0.39, 0.29) is 11.5 Å². The molecule has 0 saturated carbocycles. The summed E-state index contributed by atoms with van der Waals surface area (Å²) in [5.74, 6) is 0.750. The molecule has 1 aliphatic rings. The van der Waals surface area contributed by atoms with Crippen molar-refractivity contribution in [2.24, 2.45) is 0 Å². The summed E-state index contributed by atoms with van der Waals surface area (Å²) in [7, 11) is 3.04. The van der Waals surface area contributed by atoms with Crippen LogP contribution in [0, 0.1) is 12.1 Å². The number of ether oxygens (including phenoxy) is 2. The van der Waals surface area contributed by atoms with Crippen LogP contribution in [0.1, 0.15) is 21.5 Å². The molecule has 2 aromatic carbocycles. The number of rotatable bonds is 3. The predicted molar refractivity (Wildman–Crippen MR) is 82.5 cm³/mol. The highest BCUT2D eigenvalue weighted by molar-refractivity contribution is 6.52. The van der Waals surface area contributed by atoms with Gasteiger partial charge in [0, 0.05) is 6.07 Å². The smallest absolute Gasteiger partial charge is 0.273 e. The molecule has 0 radical (unpaired) electrons. The second-order valence-corrected chi connectivity index (χ2v) is 5.01. The Bertz CT molecular complexity index is 808. The number of Topliss-reactive ketones (excluding diaryl/α,β-unsaturated/α-hetero) is 1. The highest BCUT2D eigenvalue weighted by atomic mass is 16.5. The van der Waals surface area contributed by atoms with Crippen molar-refractivity contribution in [1.82, 2.24) is 0 Å². The van der Waals surface area contributed by atoms with Gasteiger partial charge in [0.15, 0.2) is 11.5 Å². The molecule has 0 fully saturated rings. The average Bonchev–Trinajstić information content (AvgIpc) is 2.79. The summed E-state index contributed by atoms with van der Waals surface area (Å²) in [4.78, 5) is 12.6. The minimum Gasteiger partial charge on any atom is -0.618 e. The van der Waals surface area contributed by atoms with Crippen LogP contribution >= 0.6 is 0 Å². The van der Waals surface area contributed by atoms with Gasteiger partial charge in [-0.1, -0.05) is 12.1 Å². The van der Waals surface area contributed by atoms with Crippen LogP contribution in [-0.4, -0.2) is 30.5 Å². The summed E-state index contributed by atoms with van der Waals surface area (Å²) in [6.07, 6.45) is 0. The number of carbonyl (C=O) groups excluding carboxylic acids is 1. The van der Waals surface area contributed by atoms with Crippen LogP contribution in [0.25, 0.3) is 0 Å². The molecule has 0 spiro atoms. The molecule has 0 bridgehead atoms. The zero-order valence-electron chi connectivity index (χ0n) is 12.5. The van der Waals surface area contributed by atoms with Crippen LogP contribution in [0.3, 0.4) is 0 Å². The molecule has 22 heavy (non-hydrogen) atoms. The lowest BCUT2D eigenvalue weighted by Gasteiger charge is -2.08. The minimum atomic E-state index is -0.268. The molecule has 5 heteroatoms. The first-order chi connectivity index (χ1) is 10.6. The first-order valence-electron chi connectivity index (χ1n) is 6.79. The van der Waals surface area contributed by atoms with Crippen molar-refractivity contribution >= 4 is 17.2 Å². The molecule has 3 rings (SSSR count). The summed E-state index contributed by atoms with van der Waals surface area (Å²) in [6.45, 7) is 1.82. The second-order valence-electron chi connectivity index (χ2n) is 5.01. The molecule has 0 aromatic heterocycles. The van der Waals surface area contributed by atoms with Crippen molar-refractivity contribution in [2.75, 3.05) is 14.2 Å². The van der Waals surface area contributed by atoms with Crippen molar-refractivity contribution < 1.29 is 19.0 Å². The Balaban J connectivity index is 2.16. The van der Waals surface area contributed by atoms with Gasteiger partial charge < -0.3 is 14.7 Å². The summed E-state index contributed by atoms with van der Waals surface area (Å²) < 4.78 is 11.1. The summed E-state index contributed by atoms with van der Waals surface area (Å²) in [5, 5.41) is 12.5. The predicted octanol–water partition coefficient (Wildman–Crippen LogP) is 2.84. The number of fused-ring (bicyclic) bond motifs is 1. The van der Waals surface area contributed by atoms with E-state index in [4.69, 9.17) is 9.47 Å². The van der Waals surface area contributed by atoms with Crippen LogP contribution < -0.4 is 9.47 Å². The van der Waals surface area contributed by atoms with E-state index in [0.717, 1.165) is 5.56 Å². The molecule has 0 unspecified atom stereocenters. The highest BCUT2D eigenvalue weighted by Crippen LogP contribution is 2.33. The molecule has 0 aliphatic carbocycles. The molecule has 0 saturated heterocycles. The van der Waals surface area contributed by atoms with Crippen molar-refractivity contribution in [3.8, 4) is 11.5 Å². The first kappa shape index (κ1) is 14.1. The summed E-state index contributed by atoms with van der Waals surface area (Å²) in [6, 6.07) is 10.2. The van der Waals surface area contributed by atoms with Gasteiger partial charge in [0.05, 0.1) is 19.8 Å². The maximum atomic E-state index is 12.6. The Kier molecular flexibility index (Phi) is 3.33. The average molecular weight is 297 g/mol. The monoisotopic (exact) mass is 297 g/mol. The van der Waals surface area contributed by atoms with E-state index in [2.05, 4.69) is 0 Å². The quantitative estimate of drug-likeness (QED) is 0.645. The standard InChI is InChI=1S/C17H15NO4/c1-10-5-4-6-12-15(10)17(19)16(18(12)20)11-7-8-13(21-2)14(9-11)22-3/h4-9H,1-3H3. The number of hydrogen-bond acceptors (Lipinski definition) is 4. The van der Waals surface area contributed by atoms with E-state index in [1.165, 1.54) is 14.2 Å². The molecule has 0 amide bonds. The fourth-order valence-electron chi connectivity index (χ4n) is 2.68. The maximum Gasteiger partial charge on any atom is 0.273 e. The topological polar surface area (TPSA) is 61.6 Å². The number of nitrogens with zero attached hydrogens (tertiary/aromatic N) is 1. The molecular weight excluding hydrogens is 282 g/mol. The molecule has 1 aliphatic heterocycles. The Morgan fingerprint density at radius 1 is 1.05 bits per heavy atom. The number of carbonyl (C=O) groups is 1. The van der Waals surface area contributed by atoms with E-state index < -0.39 is 0 Å². The number of ketones is 1. The Morgan fingerprint density at radius 2 is 1.77 bits per heavy atom. The third-order valence-electron chi connectivity index (χ3n) is 3.77. The van der Waals surface area contributed by atoms with Crippen LogP contribution in [-0.2, 0) is 0 Å². The van der Waals surface area contributed by atoms with E-state index in [0.29, 0.717) is 33.1 Å². The zero-order chi connectivity index (χ0) is 15.9. The van der Waals surface area contributed by atoms with E-state index in [1.54, 1.807) is 30.3 Å². The fraction of sp³-hybridized carbons (Fsp3) is 0.176. The zero-order valence-corrected chi connectivity index (χ0v) is 12.5.